The highest BCUT2D eigenvalue weighted by molar-refractivity contribution is 8.14. The van der Waals surface area contributed by atoms with Gasteiger partial charge in [0.05, 0.1) is 6.61 Å². The lowest BCUT2D eigenvalue weighted by Gasteiger charge is -2.03. The second kappa shape index (κ2) is 8.97. The molecule has 0 atom stereocenters. The molecule has 3 nitrogen and oxygen atoms in total. The van der Waals surface area contributed by atoms with Gasteiger partial charge in [-0.15, -0.1) is 0 Å². The first kappa shape index (κ1) is 14.7. The third-order valence-corrected chi connectivity index (χ3v) is 5.50. The van der Waals surface area contributed by atoms with Gasteiger partial charge in [-0.2, -0.15) is 0 Å². The molecule has 0 aromatic carbocycles. The zero-order valence-corrected chi connectivity index (χ0v) is 11.7. The normalized spacial score (nSPS) is 10.4. The number of hydrogen-bond donors (Lipinski definition) is 0. The Hall–Kier alpha value is -0.293. The molecule has 0 bridgehead atoms. The average Bonchev–Trinajstić information content (AvgIpc) is 2.15. The molecule has 15 heavy (non-hydrogen) atoms. The number of hydrogen-bond acceptors (Lipinski definition) is 4. The first-order chi connectivity index (χ1) is 7.06. The smallest absolute Gasteiger partial charge is 0.305 e. The van der Waals surface area contributed by atoms with Crippen molar-refractivity contribution in [2.24, 2.45) is 0 Å². The highest BCUT2D eigenvalue weighted by atomic mass is 32.2. The van der Waals surface area contributed by atoms with E-state index in [1.54, 1.807) is 6.92 Å². The fourth-order valence-corrected chi connectivity index (χ4v) is 3.31. The first-order valence-corrected chi connectivity index (χ1v) is 9.48. The van der Waals surface area contributed by atoms with E-state index in [-0.39, 0.29) is 11.1 Å². The number of carbonyl (C=O) groups is 2. The molecule has 0 aliphatic heterocycles. The summed E-state index contributed by atoms with van der Waals surface area (Å²) in [6, 6.07) is 0. The van der Waals surface area contributed by atoms with Crippen LogP contribution in [0, 0.1) is 0 Å². The Labute approximate surface area is 97.6 Å². The van der Waals surface area contributed by atoms with E-state index in [0.717, 1.165) is 5.38 Å². The molecule has 0 radical (unpaired) electrons. The summed E-state index contributed by atoms with van der Waals surface area (Å²) in [5.74, 6) is -0.200. The van der Waals surface area contributed by atoms with E-state index in [2.05, 4.69) is 13.1 Å². The second-order valence-electron chi connectivity index (χ2n) is 3.74. The van der Waals surface area contributed by atoms with Crippen molar-refractivity contribution in [3.05, 3.63) is 0 Å². The molecule has 0 rings (SSSR count). The summed E-state index contributed by atoms with van der Waals surface area (Å²) in [6.07, 6.45) is 1.47. The summed E-state index contributed by atoms with van der Waals surface area (Å²) >= 11 is 1.42. The molecule has 0 saturated carbocycles. The van der Waals surface area contributed by atoms with Crippen LogP contribution in [0.2, 0.25) is 13.1 Å². The van der Waals surface area contributed by atoms with Crippen molar-refractivity contribution < 1.29 is 14.3 Å². The maximum Gasteiger partial charge on any atom is 0.305 e. The maximum absolute atomic E-state index is 11.3. The predicted octanol–water partition coefficient (Wildman–Crippen LogP) is 2.01. The van der Waals surface area contributed by atoms with Crippen LogP contribution >= 0.6 is 11.8 Å². The van der Waals surface area contributed by atoms with Gasteiger partial charge in [0.2, 0.25) is 0 Å². The van der Waals surface area contributed by atoms with Crippen LogP contribution in [0.4, 0.5) is 0 Å². The minimum absolute atomic E-state index is 0.200. The Kier molecular flexibility index (Phi) is 8.80. The molecule has 0 aliphatic carbocycles. The van der Waals surface area contributed by atoms with E-state index >= 15 is 0 Å². The van der Waals surface area contributed by atoms with Crippen LogP contribution in [0.3, 0.4) is 0 Å². The van der Waals surface area contributed by atoms with Crippen LogP contribution in [-0.4, -0.2) is 31.9 Å². The zero-order valence-electron chi connectivity index (χ0n) is 9.75. The fraction of sp³-hybridized carbons (Fsp3) is 0.800. The molecule has 88 valence electrons. The highest BCUT2D eigenvalue weighted by Gasteiger charge is 2.07. The molecule has 0 unspecified atom stereocenters. The van der Waals surface area contributed by atoms with E-state index in [1.807, 2.05) is 0 Å². The average molecular weight is 248 g/mol. The molecule has 0 aromatic heterocycles. The summed E-state index contributed by atoms with van der Waals surface area (Å²) in [7, 11) is -0.641. The third kappa shape index (κ3) is 10.00. The van der Waals surface area contributed by atoms with Crippen LogP contribution in [0.15, 0.2) is 0 Å². The topological polar surface area (TPSA) is 43.4 Å². The van der Waals surface area contributed by atoms with Crippen LogP contribution in [0.5, 0.6) is 0 Å². The van der Waals surface area contributed by atoms with E-state index in [4.69, 9.17) is 4.74 Å². The van der Waals surface area contributed by atoms with Gasteiger partial charge < -0.3 is 4.74 Å². The Morgan fingerprint density at radius 1 is 1.27 bits per heavy atom. The summed E-state index contributed by atoms with van der Waals surface area (Å²) in [5.41, 5.74) is 0. The van der Waals surface area contributed by atoms with Crippen LogP contribution in [0.25, 0.3) is 0 Å². The van der Waals surface area contributed by atoms with Crippen LogP contribution in [0.1, 0.15) is 26.2 Å². The minimum atomic E-state index is -0.641. The standard InChI is InChI=1S/C10H20O3SSi/c1-4-13-9(11)6-5-7-10(12)14-8-15(2)3/h15H,4-8H2,1-3H3. The van der Waals surface area contributed by atoms with Crippen LogP contribution in [-0.2, 0) is 14.3 Å². The summed E-state index contributed by atoms with van der Waals surface area (Å²) < 4.78 is 4.77. The molecule has 0 amide bonds. The fourth-order valence-electron chi connectivity index (χ4n) is 0.942. The molecule has 0 spiro atoms. The van der Waals surface area contributed by atoms with Gasteiger partial charge >= 0.3 is 5.97 Å². The Morgan fingerprint density at radius 3 is 2.47 bits per heavy atom. The van der Waals surface area contributed by atoms with E-state index in [9.17, 15) is 9.59 Å². The zero-order chi connectivity index (χ0) is 11.7. The van der Waals surface area contributed by atoms with Gasteiger partial charge in [-0.3, -0.25) is 9.59 Å². The van der Waals surface area contributed by atoms with Gasteiger partial charge in [-0.25, -0.2) is 0 Å². The number of carbonyl (C=O) groups excluding carboxylic acids is 2. The molecular weight excluding hydrogens is 228 g/mol. The molecule has 0 heterocycles. The lowest BCUT2D eigenvalue weighted by atomic mass is 10.2. The maximum atomic E-state index is 11.3. The van der Waals surface area contributed by atoms with Gasteiger partial charge in [0.15, 0.2) is 5.12 Å². The monoisotopic (exact) mass is 248 g/mol. The molecular formula is C10H20O3SSi. The molecule has 0 fully saturated rings. The van der Waals surface area contributed by atoms with Crippen molar-refractivity contribution in [3.63, 3.8) is 0 Å². The van der Waals surface area contributed by atoms with Gasteiger partial charge in [0, 0.05) is 21.6 Å². The largest absolute Gasteiger partial charge is 0.466 e. The lowest BCUT2D eigenvalue weighted by Crippen LogP contribution is -2.08. The summed E-state index contributed by atoms with van der Waals surface area (Å²) in [4.78, 5) is 22.3. The third-order valence-electron chi connectivity index (χ3n) is 1.64. The molecule has 5 heteroatoms. The first-order valence-electron chi connectivity index (χ1n) is 5.37. The van der Waals surface area contributed by atoms with E-state index < -0.39 is 8.80 Å². The molecule has 0 saturated heterocycles. The van der Waals surface area contributed by atoms with Gasteiger partial charge in [0.25, 0.3) is 0 Å². The molecule has 0 aromatic rings. The Balaban J connectivity index is 3.42. The number of thioether (sulfide) groups is 1. The second-order valence-corrected chi connectivity index (χ2v) is 8.60. The Bertz CT molecular complexity index is 207. The molecule has 0 aliphatic rings. The number of esters is 1. The van der Waals surface area contributed by atoms with Crippen molar-refractivity contribution in [1.29, 1.82) is 0 Å². The SMILES string of the molecule is CCOC(=O)CCCC(=O)SC[SiH](C)C. The Morgan fingerprint density at radius 2 is 1.93 bits per heavy atom. The van der Waals surface area contributed by atoms with Crippen molar-refractivity contribution in [2.75, 3.05) is 12.0 Å². The number of rotatable bonds is 7. The minimum Gasteiger partial charge on any atom is -0.466 e. The predicted molar refractivity (Wildman–Crippen MR) is 66.8 cm³/mol. The van der Waals surface area contributed by atoms with Crippen molar-refractivity contribution in [2.45, 2.75) is 39.3 Å². The van der Waals surface area contributed by atoms with Gasteiger partial charge in [-0.1, -0.05) is 24.9 Å². The van der Waals surface area contributed by atoms with Crippen LogP contribution < -0.4 is 0 Å². The van der Waals surface area contributed by atoms with Gasteiger partial charge in [-0.05, 0) is 18.7 Å². The van der Waals surface area contributed by atoms with Crippen molar-refractivity contribution in [3.8, 4) is 0 Å². The van der Waals surface area contributed by atoms with Crippen molar-refractivity contribution in [1.82, 2.24) is 0 Å². The highest BCUT2D eigenvalue weighted by Crippen LogP contribution is 2.10. The lowest BCUT2D eigenvalue weighted by molar-refractivity contribution is -0.143. The molecule has 0 N–H and O–H groups in total. The van der Waals surface area contributed by atoms with Gasteiger partial charge in [0.1, 0.15) is 0 Å². The number of ether oxygens (including phenoxy) is 1. The van der Waals surface area contributed by atoms with E-state index in [1.165, 1.54) is 11.8 Å². The van der Waals surface area contributed by atoms with Crippen molar-refractivity contribution >= 4 is 31.6 Å². The summed E-state index contributed by atoms with van der Waals surface area (Å²) in [6.45, 7) is 6.64. The van der Waals surface area contributed by atoms with E-state index in [0.29, 0.717) is 25.9 Å². The quantitative estimate of drug-likeness (QED) is 0.510. The summed E-state index contributed by atoms with van der Waals surface area (Å²) in [5, 5.41) is 1.21.